The first-order valence-corrected chi connectivity index (χ1v) is 5.19. The minimum absolute atomic E-state index is 0.205. The van der Waals surface area contributed by atoms with Gasteiger partial charge >= 0.3 is 0 Å². The van der Waals surface area contributed by atoms with Crippen LogP contribution in [0.2, 0.25) is 0 Å². The van der Waals surface area contributed by atoms with Crippen LogP contribution < -0.4 is 0 Å². The molecule has 1 aromatic carbocycles. The van der Waals surface area contributed by atoms with Crippen LogP contribution in [-0.2, 0) is 5.41 Å². The molecule has 1 heteroatoms. The van der Waals surface area contributed by atoms with E-state index >= 15 is 0 Å². The molecule has 0 aliphatic heterocycles. The third-order valence-corrected chi connectivity index (χ3v) is 2.48. The largest absolute Gasteiger partial charge is 0.288 e. The fourth-order valence-corrected chi connectivity index (χ4v) is 1.48. The monoisotopic (exact) mass is 201 g/mol. The summed E-state index contributed by atoms with van der Waals surface area (Å²) in [6.07, 6.45) is 1.78. The third kappa shape index (κ3) is 2.79. The van der Waals surface area contributed by atoms with E-state index in [1.54, 1.807) is 13.1 Å². The smallest absolute Gasteiger partial charge is 0.0637 e. The Balaban J connectivity index is 3.05. The summed E-state index contributed by atoms with van der Waals surface area (Å²) in [4.78, 5) is 4.17. The molecule has 0 aromatic heterocycles. The van der Waals surface area contributed by atoms with E-state index in [9.17, 15) is 0 Å². The number of benzene rings is 1. The van der Waals surface area contributed by atoms with Gasteiger partial charge in [-0.1, -0.05) is 51.6 Å². The summed E-state index contributed by atoms with van der Waals surface area (Å²) in [6.45, 7) is 10.4. The molecule has 0 unspecified atom stereocenters. The van der Waals surface area contributed by atoms with Crippen LogP contribution in [0.3, 0.4) is 0 Å². The zero-order valence-electron chi connectivity index (χ0n) is 10.0. The van der Waals surface area contributed by atoms with Gasteiger partial charge in [-0.2, -0.15) is 0 Å². The second kappa shape index (κ2) is 4.43. The normalized spacial score (nSPS) is 12.7. The number of hydrogen-bond donors (Lipinski definition) is 0. The molecule has 0 aliphatic rings. The van der Waals surface area contributed by atoms with Crippen LogP contribution in [0.5, 0.6) is 0 Å². The van der Waals surface area contributed by atoms with Gasteiger partial charge in [0.2, 0.25) is 0 Å². The molecule has 0 heterocycles. The standard InChI is InChI=1S/C14H19N/c1-6-13(15-5)11-7-9-12(10-8-11)14(2,3)4/h6-10H,1H2,2-5H3. The Morgan fingerprint density at radius 2 is 1.73 bits per heavy atom. The van der Waals surface area contributed by atoms with Gasteiger partial charge in [0.05, 0.1) is 5.71 Å². The minimum Gasteiger partial charge on any atom is -0.288 e. The van der Waals surface area contributed by atoms with Gasteiger partial charge in [0.25, 0.3) is 0 Å². The maximum Gasteiger partial charge on any atom is 0.0637 e. The summed E-state index contributed by atoms with van der Waals surface area (Å²) >= 11 is 0. The molecular weight excluding hydrogens is 182 g/mol. The van der Waals surface area contributed by atoms with Crippen molar-refractivity contribution in [3.05, 3.63) is 48.0 Å². The Hall–Kier alpha value is -1.37. The van der Waals surface area contributed by atoms with E-state index in [1.807, 2.05) is 0 Å². The van der Waals surface area contributed by atoms with Crippen LogP contribution in [-0.4, -0.2) is 12.8 Å². The predicted octanol–water partition coefficient (Wildman–Crippen LogP) is 3.59. The fraction of sp³-hybridized carbons (Fsp3) is 0.357. The Kier molecular flexibility index (Phi) is 3.46. The zero-order chi connectivity index (χ0) is 11.5. The molecule has 0 amide bonds. The minimum atomic E-state index is 0.205. The average molecular weight is 201 g/mol. The van der Waals surface area contributed by atoms with Crippen LogP contribution in [0.25, 0.3) is 0 Å². The van der Waals surface area contributed by atoms with Crippen molar-refractivity contribution in [3.63, 3.8) is 0 Å². The zero-order valence-corrected chi connectivity index (χ0v) is 10.0. The molecule has 0 N–H and O–H groups in total. The van der Waals surface area contributed by atoms with Crippen molar-refractivity contribution in [1.82, 2.24) is 0 Å². The maximum atomic E-state index is 4.17. The lowest BCUT2D eigenvalue weighted by Crippen LogP contribution is -2.11. The molecule has 15 heavy (non-hydrogen) atoms. The van der Waals surface area contributed by atoms with Crippen LogP contribution in [0.4, 0.5) is 0 Å². The molecule has 1 nitrogen and oxygen atoms in total. The summed E-state index contributed by atoms with van der Waals surface area (Å²) < 4.78 is 0. The summed E-state index contributed by atoms with van der Waals surface area (Å²) in [5.74, 6) is 0. The number of hydrogen-bond acceptors (Lipinski definition) is 1. The number of nitrogens with zero attached hydrogens (tertiary/aromatic N) is 1. The number of rotatable bonds is 2. The molecule has 0 bridgehead atoms. The van der Waals surface area contributed by atoms with Crippen molar-refractivity contribution < 1.29 is 0 Å². The van der Waals surface area contributed by atoms with Gasteiger partial charge in [-0.25, -0.2) is 0 Å². The van der Waals surface area contributed by atoms with Gasteiger partial charge in [0.1, 0.15) is 0 Å². The van der Waals surface area contributed by atoms with Crippen LogP contribution in [0.15, 0.2) is 41.9 Å². The summed E-state index contributed by atoms with van der Waals surface area (Å²) in [5.41, 5.74) is 3.61. The molecular formula is C14H19N. The van der Waals surface area contributed by atoms with Crippen molar-refractivity contribution >= 4 is 5.71 Å². The van der Waals surface area contributed by atoms with E-state index in [4.69, 9.17) is 0 Å². The van der Waals surface area contributed by atoms with Crippen LogP contribution in [0.1, 0.15) is 31.9 Å². The predicted molar refractivity (Wildman–Crippen MR) is 67.8 cm³/mol. The highest BCUT2D eigenvalue weighted by molar-refractivity contribution is 6.08. The van der Waals surface area contributed by atoms with E-state index in [0.717, 1.165) is 11.3 Å². The third-order valence-electron chi connectivity index (χ3n) is 2.48. The second-order valence-corrected chi connectivity index (χ2v) is 4.64. The molecule has 0 radical (unpaired) electrons. The van der Waals surface area contributed by atoms with Crippen molar-refractivity contribution in [1.29, 1.82) is 0 Å². The average Bonchev–Trinajstić information content (AvgIpc) is 2.19. The summed E-state index contributed by atoms with van der Waals surface area (Å²) in [6, 6.07) is 8.52. The van der Waals surface area contributed by atoms with Crippen molar-refractivity contribution in [2.24, 2.45) is 4.99 Å². The molecule has 0 saturated carbocycles. The van der Waals surface area contributed by atoms with Crippen LogP contribution >= 0.6 is 0 Å². The second-order valence-electron chi connectivity index (χ2n) is 4.64. The van der Waals surface area contributed by atoms with E-state index < -0.39 is 0 Å². The quantitative estimate of drug-likeness (QED) is 0.648. The number of allylic oxidation sites excluding steroid dienone is 1. The van der Waals surface area contributed by atoms with Gasteiger partial charge in [0, 0.05) is 7.05 Å². The lowest BCUT2D eigenvalue weighted by atomic mass is 9.86. The van der Waals surface area contributed by atoms with E-state index in [1.165, 1.54) is 5.56 Å². The highest BCUT2D eigenvalue weighted by Gasteiger charge is 2.12. The van der Waals surface area contributed by atoms with Crippen molar-refractivity contribution in [2.45, 2.75) is 26.2 Å². The number of aliphatic imine (C=N–C) groups is 1. The molecule has 0 aliphatic carbocycles. The first kappa shape index (κ1) is 11.7. The lowest BCUT2D eigenvalue weighted by molar-refractivity contribution is 0.590. The highest BCUT2D eigenvalue weighted by Crippen LogP contribution is 2.22. The summed E-state index contributed by atoms with van der Waals surface area (Å²) in [5, 5.41) is 0. The molecule has 0 atom stereocenters. The molecule has 0 spiro atoms. The Morgan fingerprint density at radius 1 is 1.20 bits per heavy atom. The van der Waals surface area contributed by atoms with Gasteiger partial charge < -0.3 is 0 Å². The molecule has 0 fully saturated rings. The first-order chi connectivity index (χ1) is 6.99. The fourth-order valence-electron chi connectivity index (χ4n) is 1.48. The van der Waals surface area contributed by atoms with Gasteiger partial charge in [-0.05, 0) is 22.6 Å². The summed E-state index contributed by atoms with van der Waals surface area (Å²) in [7, 11) is 1.79. The lowest BCUT2D eigenvalue weighted by Gasteiger charge is -2.19. The topological polar surface area (TPSA) is 12.4 Å². The van der Waals surface area contributed by atoms with Gasteiger partial charge in [-0.15, -0.1) is 0 Å². The Bertz CT molecular complexity index is 363. The Morgan fingerprint density at radius 3 is 2.07 bits per heavy atom. The van der Waals surface area contributed by atoms with Crippen molar-refractivity contribution in [3.8, 4) is 0 Å². The van der Waals surface area contributed by atoms with E-state index in [-0.39, 0.29) is 5.41 Å². The van der Waals surface area contributed by atoms with Crippen LogP contribution in [0, 0.1) is 0 Å². The van der Waals surface area contributed by atoms with E-state index in [2.05, 4.69) is 56.6 Å². The maximum absolute atomic E-state index is 4.17. The molecule has 80 valence electrons. The van der Waals surface area contributed by atoms with E-state index in [0.29, 0.717) is 0 Å². The SMILES string of the molecule is C=CC(=NC)c1ccc(C(C)(C)C)cc1. The van der Waals surface area contributed by atoms with Crippen molar-refractivity contribution in [2.75, 3.05) is 7.05 Å². The molecule has 0 saturated heterocycles. The molecule has 1 rings (SSSR count). The van der Waals surface area contributed by atoms with Gasteiger partial charge in [0.15, 0.2) is 0 Å². The first-order valence-electron chi connectivity index (χ1n) is 5.19. The molecule has 1 aromatic rings. The Labute approximate surface area is 92.6 Å². The highest BCUT2D eigenvalue weighted by atomic mass is 14.7. The van der Waals surface area contributed by atoms with Gasteiger partial charge in [-0.3, -0.25) is 4.99 Å².